The molecule has 16 heavy (non-hydrogen) atoms. The number of nitrogens with zero attached hydrogens (tertiary/aromatic N) is 3. The van der Waals surface area contributed by atoms with Crippen LogP contribution in [-0.2, 0) is 6.54 Å². The molecule has 0 unspecified atom stereocenters. The number of aromatic nitrogens is 3. The van der Waals surface area contributed by atoms with E-state index in [1.807, 2.05) is 23.1 Å². The van der Waals surface area contributed by atoms with Crippen LogP contribution in [0.2, 0.25) is 0 Å². The van der Waals surface area contributed by atoms with E-state index in [0.29, 0.717) is 0 Å². The number of rotatable bonds is 4. The highest BCUT2D eigenvalue weighted by Crippen LogP contribution is 2.12. The Morgan fingerprint density at radius 1 is 1.50 bits per heavy atom. The van der Waals surface area contributed by atoms with Gasteiger partial charge in [0, 0.05) is 24.5 Å². The quantitative estimate of drug-likeness (QED) is 0.873. The highest BCUT2D eigenvalue weighted by molar-refractivity contribution is 14.1. The summed E-state index contributed by atoms with van der Waals surface area (Å²) < 4.78 is 2.92. The molecule has 2 heterocycles. The third-order valence-electron chi connectivity index (χ3n) is 2.20. The van der Waals surface area contributed by atoms with E-state index in [1.54, 1.807) is 6.20 Å². The van der Waals surface area contributed by atoms with Crippen LogP contribution in [0, 0.1) is 3.57 Å². The van der Waals surface area contributed by atoms with E-state index in [2.05, 4.69) is 51.0 Å². The zero-order valence-corrected chi connectivity index (χ0v) is 11.2. The Bertz CT molecular complexity index is 467. The van der Waals surface area contributed by atoms with Crippen LogP contribution < -0.4 is 5.32 Å². The Balaban J connectivity index is 2.32. The third-order valence-corrected chi connectivity index (χ3v) is 2.76. The van der Waals surface area contributed by atoms with E-state index in [9.17, 15) is 0 Å². The van der Waals surface area contributed by atoms with E-state index in [4.69, 9.17) is 0 Å². The van der Waals surface area contributed by atoms with Crippen LogP contribution >= 0.6 is 22.6 Å². The molecular weight excluding hydrogens is 315 g/mol. The van der Waals surface area contributed by atoms with Gasteiger partial charge in [-0.05, 0) is 35.2 Å². The van der Waals surface area contributed by atoms with Crippen LogP contribution in [0.4, 0.5) is 0 Å². The highest BCUT2D eigenvalue weighted by atomic mass is 127. The Hall–Kier alpha value is -0.950. The van der Waals surface area contributed by atoms with Gasteiger partial charge in [0.1, 0.15) is 0 Å². The second-order valence-corrected chi connectivity index (χ2v) is 4.62. The molecule has 2 rings (SSSR count). The van der Waals surface area contributed by atoms with Crippen molar-refractivity contribution in [3.05, 3.63) is 39.9 Å². The van der Waals surface area contributed by atoms with E-state index in [1.165, 1.54) is 0 Å². The van der Waals surface area contributed by atoms with Gasteiger partial charge in [0.25, 0.3) is 0 Å². The van der Waals surface area contributed by atoms with Gasteiger partial charge in [0.15, 0.2) is 5.82 Å². The molecule has 2 aromatic heterocycles. The van der Waals surface area contributed by atoms with Crippen molar-refractivity contribution in [3.8, 4) is 5.82 Å². The third kappa shape index (κ3) is 2.59. The second-order valence-electron chi connectivity index (χ2n) is 3.37. The summed E-state index contributed by atoms with van der Waals surface area (Å²) in [5.41, 5.74) is 1.16. The summed E-state index contributed by atoms with van der Waals surface area (Å²) >= 11 is 2.24. The van der Waals surface area contributed by atoms with Gasteiger partial charge in [-0.15, -0.1) is 0 Å². The standard InChI is InChI=1S/C11H13IN4/c1-2-13-6-9-4-3-5-14-11(9)16-8-10(12)7-15-16/h3-5,7-8,13H,2,6H2,1H3. The summed E-state index contributed by atoms with van der Waals surface area (Å²) in [5.74, 6) is 0.895. The minimum atomic E-state index is 0.816. The Morgan fingerprint density at radius 3 is 3.06 bits per heavy atom. The molecule has 0 aliphatic heterocycles. The summed E-state index contributed by atoms with van der Waals surface area (Å²) in [7, 11) is 0. The minimum absolute atomic E-state index is 0.816. The lowest BCUT2D eigenvalue weighted by Gasteiger charge is -2.08. The molecule has 0 radical (unpaired) electrons. The van der Waals surface area contributed by atoms with Crippen molar-refractivity contribution in [2.45, 2.75) is 13.5 Å². The lowest BCUT2D eigenvalue weighted by atomic mass is 10.2. The fraction of sp³-hybridized carbons (Fsp3) is 0.273. The molecule has 1 N–H and O–H groups in total. The largest absolute Gasteiger partial charge is 0.313 e. The van der Waals surface area contributed by atoms with Crippen molar-refractivity contribution < 1.29 is 0 Å². The predicted octanol–water partition coefficient (Wildman–Crippen LogP) is 1.98. The van der Waals surface area contributed by atoms with Crippen molar-refractivity contribution >= 4 is 22.6 Å². The van der Waals surface area contributed by atoms with Gasteiger partial charge >= 0.3 is 0 Å². The normalized spacial score (nSPS) is 10.6. The summed E-state index contributed by atoms with van der Waals surface area (Å²) in [4.78, 5) is 4.37. The van der Waals surface area contributed by atoms with Gasteiger partial charge in [-0.2, -0.15) is 5.10 Å². The van der Waals surface area contributed by atoms with Crippen LogP contribution in [0.3, 0.4) is 0 Å². The fourth-order valence-electron chi connectivity index (χ4n) is 1.45. The maximum atomic E-state index is 4.37. The Kier molecular flexibility index (Phi) is 3.89. The lowest BCUT2D eigenvalue weighted by molar-refractivity contribution is 0.710. The summed E-state index contributed by atoms with van der Waals surface area (Å²) in [6.07, 6.45) is 5.59. The van der Waals surface area contributed by atoms with Crippen molar-refractivity contribution in [2.75, 3.05) is 6.54 Å². The number of hydrogen-bond donors (Lipinski definition) is 1. The molecule has 84 valence electrons. The van der Waals surface area contributed by atoms with Gasteiger partial charge in [-0.3, -0.25) is 0 Å². The van der Waals surface area contributed by atoms with Crippen LogP contribution in [-0.4, -0.2) is 21.3 Å². The zero-order chi connectivity index (χ0) is 11.4. The SMILES string of the molecule is CCNCc1cccnc1-n1cc(I)cn1. The van der Waals surface area contributed by atoms with E-state index in [0.717, 1.165) is 28.0 Å². The molecule has 0 atom stereocenters. The van der Waals surface area contributed by atoms with Gasteiger partial charge in [-0.25, -0.2) is 9.67 Å². The lowest BCUT2D eigenvalue weighted by Crippen LogP contribution is -2.14. The Labute approximate surface area is 108 Å². The van der Waals surface area contributed by atoms with Gasteiger partial charge < -0.3 is 5.32 Å². The first-order valence-electron chi connectivity index (χ1n) is 5.16. The molecule has 0 spiro atoms. The molecule has 0 saturated heterocycles. The molecule has 5 heteroatoms. The van der Waals surface area contributed by atoms with Gasteiger partial charge in [0.05, 0.1) is 9.77 Å². The van der Waals surface area contributed by atoms with Crippen molar-refractivity contribution in [3.63, 3.8) is 0 Å². The molecule has 0 amide bonds. The number of hydrogen-bond acceptors (Lipinski definition) is 3. The molecule has 0 fully saturated rings. The number of nitrogens with one attached hydrogen (secondary N) is 1. The molecular formula is C11H13IN4. The average molecular weight is 328 g/mol. The monoisotopic (exact) mass is 328 g/mol. The van der Waals surface area contributed by atoms with Crippen LogP contribution in [0.15, 0.2) is 30.7 Å². The van der Waals surface area contributed by atoms with Crippen LogP contribution in [0.5, 0.6) is 0 Å². The van der Waals surface area contributed by atoms with E-state index in [-0.39, 0.29) is 0 Å². The molecule has 0 aliphatic carbocycles. The smallest absolute Gasteiger partial charge is 0.157 e. The molecule has 0 aliphatic rings. The first kappa shape index (κ1) is 11.5. The molecule has 2 aromatic rings. The maximum Gasteiger partial charge on any atom is 0.157 e. The number of pyridine rings is 1. The molecule has 4 nitrogen and oxygen atoms in total. The van der Waals surface area contributed by atoms with E-state index < -0.39 is 0 Å². The first-order chi connectivity index (χ1) is 7.81. The predicted molar refractivity (Wildman–Crippen MR) is 71.5 cm³/mol. The molecule has 0 aromatic carbocycles. The average Bonchev–Trinajstić information content (AvgIpc) is 2.73. The molecule has 0 bridgehead atoms. The topological polar surface area (TPSA) is 42.7 Å². The second kappa shape index (κ2) is 5.40. The van der Waals surface area contributed by atoms with Crippen LogP contribution in [0.25, 0.3) is 5.82 Å². The maximum absolute atomic E-state index is 4.37. The number of halogens is 1. The minimum Gasteiger partial charge on any atom is -0.313 e. The first-order valence-corrected chi connectivity index (χ1v) is 6.24. The van der Waals surface area contributed by atoms with Crippen molar-refractivity contribution in [1.82, 2.24) is 20.1 Å². The fourth-order valence-corrected chi connectivity index (χ4v) is 1.84. The van der Waals surface area contributed by atoms with Crippen LogP contribution in [0.1, 0.15) is 12.5 Å². The van der Waals surface area contributed by atoms with Gasteiger partial charge in [-0.1, -0.05) is 13.0 Å². The summed E-state index contributed by atoms with van der Waals surface area (Å²) in [6.45, 7) is 3.86. The van der Waals surface area contributed by atoms with Crippen molar-refractivity contribution in [2.24, 2.45) is 0 Å². The Morgan fingerprint density at radius 2 is 2.38 bits per heavy atom. The van der Waals surface area contributed by atoms with Gasteiger partial charge in [0.2, 0.25) is 0 Å². The summed E-state index contributed by atoms with van der Waals surface area (Å²) in [5, 5.41) is 7.57. The zero-order valence-electron chi connectivity index (χ0n) is 9.02. The highest BCUT2D eigenvalue weighted by Gasteiger charge is 2.06. The summed E-state index contributed by atoms with van der Waals surface area (Å²) in [6, 6.07) is 4.02. The van der Waals surface area contributed by atoms with E-state index >= 15 is 0 Å². The molecule has 0 saturated carbocycles. The van der Waals surface area contributed by atoms with Crippen molar-refractivity contribution in [1.29, 1.82) is 0 Å².